The molecule has 0 spiro atoms. The maximum atomic E-state index is 13.2. The Hall–Kier alpha value is -1.97. The van der Waals surface area contributed by atoms with Gasteiger partial charge in [0.2, 0.25) is 0 Å². The van der Waals surface area contributed by atoms with E-state index < -0.39 is 11.8 Å². The third kappa shape index (κ3) is 1.66. The van der Waals surface area contributed by atoms with Crippen LogP contribution in [0, 0.1) is 5.82 Å². The highest BCUT2D eigenvalue weighted by Gasteiger charge is 2.11. The molecule has 0 saturated heterocycles. The molecule has 3 nitrogen and oxygen atoms in total. The number of carbonyl (C=O) groups excluding carboxylic acids is 1. The van der Waals surface area contributed by atoms with E-state index in [1.165, 1.54) is 19.4 Å². The van der Waals surface area contributed by atoms with E-state index >= 15 is 0 Å². The first kappa shape index (κ1) is 9.58. The number of halogens is 1. The van der Waals surface area contributed by atoms with Gasteiger partial charge in [0.1, 0.15) is 5.82 Å². The zero-order valence-electron chi connectivity index (χ0n) is 8.03. The Labute approximate surface area is 85.5 Å². The summed E-state index contributed by atoms with van der Waals surface area (Å²) in [5.41, 5.74) is 0.195. The van der Waals surface area contributed by atoms with Crippen LogP contribution in [0.2, 0.25) is 0 Å². The minimum atomic E-state index is -0.562. The van der Waals surface area contributed by atoms with Crippen molar-refractivity contribution in [3.05, 3.63) is 42.0 Å². The lowest BCUT2D eigenvalue weighted by atomic mass is 10.1. The van der Waals surface area contributed by atoms with Crippen LogP contribution >= 0.6 is 0 Å². The molecule has 1 aromatic carbocycles. The molecular formula is C11H8FNO2. The molecule has 0 aliphatic rings. The topological polar surface area (TPSA) is 39.2 Å². The molecule has 0 atom stereocenters. The number of ether oxygens (including phenoxy) is 1. The van der Waals surface area contributed by atoms with E-state index in [0.29, 0.717) is 10.8 Å². The lowest BCUT2D eigenvalue weighted by Crippen LogP contribution is -2.03. The Morgan fingerprint density at radius 1 is 1.47 bits per heavy atom. The number of nitrogens with zero attached hydrogens (tertiary/aromatic N) is 1. The molecule has 1 aromatic heterocycles. The number of pyridine rings is 1. The predicted octanol–water partition coefficient (Wildman–Crippen LogP) is 2.16. The van der Waals surface area contributed by atoms with Crippen LogP contribution < -0.4 is 0 Å². The van der Waals surface area contributed by atoms with Crippen LogP contribution in [0.1, 0.15) is 10.4 Å². The predicted molar refractivity (Wildman–Crippen MR) is 53.0 cm³/mol. The van der Waals surface area contributed by atoms with Crippen molar-refractivity contribution in [2.24, 2.45) is 0 Å². The molecule has 15 heavy (non-hydrogen) atoms. The van der Waals surface area contributed by atoms with E-state index in [0.717, 1.165) is 6.07 Å². The summed E-state index contributed by atoms with van der Waals surface area (Å²) in [7, 11) is 1.26. The Bertz CT molecular complexity index is 525. The summed E-state index contributed by atoms with van der Waals surface area (Å²) in [6, 6.07) is 4.14. The van der Waals surface area contributed by atoms with Gasteiger partial charge in [0, 0.05) is 17.8 Å². The number of aromatic nitrogens is 1. The van der Waals surface area contributed by atoms with Gasteiger partial charge in [-0.05, 0) is 23.6 Å². The van der Waals surface area contributed by atoms with Crippen molar-refractivity contribution in [2.45, 2.75) is 0 Å². The number of fused-ring (bicyclic) bond motifs is 1. The number of carbonyl (C=O) groups is 1. The quantitative estimate of drug-likeness (QED) is 0.669. The van der Waals surface area contributed by atoms with Gasteiger partial charge >= 0.3 is 5.97 Å². The Morgan fingerprint density at radius 2 is 2.27 bits per heavy atom. The lowest BCUT2D eigenvalue weighted by molar-refractivity contribution is 0.0602. The van der Waals surface area contributed by atoms with Crippen molar-refractivity contribution in [1.82, 2.24) is 4.98 Å². The van der Waals surface area contributed by atoms with Crippen LogP contribution in [-0.4, -0.2) is 18.1 Å². The van der Waals surface area contributed by atoms with Gasteiger partial charge in [-0.25, -0.2) is 9.18 Å². The standard InChI is InChI=1S/C11H8FNO2/c1-15-11(14)9-5-8(12)4-7-2-3-13-6-10(7)9/h2-6H,1H3. The van der Waals surface area contributed by atoms with Crippen molar-refractivity contribution in [3.8, 4) is 0 Å². The lowest BCUT2D eigenvalue weighted by Gasteiger charge is -2.04. The average molecular weight is 205 g/mol. The molecule has 0 aliphatic heterocycles. The molecular weight excluding hydrogens is 197 g/mol. The molecule has 1 heterocycles. The number of rotatable bonds is 1. The summed E-state index contributed by atoms with van der Waals surface area (Å²) < 4.78 is 17.7. The monoisotopic (exact) mass is 205 g/mol. The Kier molecular flexibility index (Phi) is 2.33. The number of esters is 1. The molecule has 2 rings (SSSR count). The fourth-order valence-electron chi connectivity index (χ4n) is 1.44. The van der Waals surface area contributed by atoms with Gasteiger partial charge in [-0.1, -0.05) is 0 Å². The first-order valence-corrected chi connectivity index (χ1v) is 4.34. The van der Waals surface area contributed by atoms with Gasteiger partial charge in [-0.15, -0.1) is 0 Å². The Balaban J connectivity index is 2.76. The molecule has 0 radical (unpaired) electrons. The summed E-state index contributed by atoms with van der Waals surface area (Å²) >= 11 is 0. The number of hydrogen-bond acceptors (Lipinski definition) is 3. The summed E-state index contributed by atoms with van der Waals surface area (Å²) in [5, 5.41) is 1.22. The maximum Gasteiger partial charge on any atom is 0.338 e. The smallest absolute Gasteiger partial charge is 0.338 e. The molecule has 0 amide bonds. The van der Waals surface area contributed by atoms with Crippen LogP contribution in [-0.2, 0) is 4.74 Å². The summed E-state index contributed by atoms with van der Waals surface area (Å²) in [6.45, 7) is 0. The Morgan fingerprint density at radius 3 is 3.00 bits per heavy atom. The van der Waals surface area contributed by atoms with Gasteiger partial charge in [0.25, 0.3) is 0 Å². The van der Waals surface area contributed by atoms with E-state index in [4.69, 9.17) is 0 Å². The largest absolute Gasteiger partial charge is 0.465 e. The van der Waals surface area contributed by atoms with E-state index in [2.05, 4.69) is 9.72 Å². The third-order valence-corrected chi connectivity index (χ3v) is 2.13. The summed E-state index contributed by atoms with van der Waals surface area (Å²) in [5.74, 6) is -1.03. The molecule has 0 saturated carbocycles. The minimum absolute atomic E-state index is 0.195. The highest BCUT2D eigenvalue weighted by Crippen LogP contribution is 2.20. The van der Waals surface area contributed by atoms with Crippen LogP contribution in [0.5, 0.6) is 0 Å². The number of hydrogen-bond donors (Lipinski definition) is 0. The highest BCUT2D eigenvalue weighted by molar-refractivity contribution is 6.04. The van der Waals surface area contributed by atoms with Crippen LogP contribution in [0.4, 0.5) is 4.39 Å². The van der Waals surface area contributed by atoms with Gasteiger partial charge in [-0.3, -0.25) is 4.98 Å². The fraction of sp³-hybridized carbons (Fsp3) is 0.0909. The van der Waals surface area contributed by atoms with Crippen molar-refractivity contribution in [2.75, 3.05) is 7.11 Å². The average Bonchev–Trinajstić information content (AvgIpc) is 2.26. The molecule has 0 fully saturated rings. The fourth-order valence-corrected chi connectivity index (χ4v) is 1.44. The van der Waals surface area contributed by atoms with Crippen molar-refractivity contribution in [3.63, 3.8) is 0 Å². The number of methoxy groups -OCH3 is 1. The van der Waals surface area contributed by atoms with Crippen LogP contribution in [0.3, 0.4) is 0 Å². The molecule has 0 aliphatic carbocycles. The van der Waals surface area contributed by atoms with E-state index in [9.17, 15) is 9.18 Å². The second-order valence-electron chi connectivity index (χ2n) is 3.04. The molecule has 0 bridgehead atoms. The van der Waals surface area contributed by atoms with Gasteiger partial charge in [-0.2, -0.15) is 0 Å². The SMILES string of the molecule is COC(=O)c1cc(F)cc2ccncc12. The van der Waals surface area contributed by atoms with Gasteiger partial charge in [0.15, 0.2) is 0 Å². The first-order chi connectivity index (χ1) is 7.22. The zero-order valence-corrected chi connectivity index (χ0v) is 8.03. The van der Waals surface area contributed by atoms with Gasteiger partial charge < -0.3 is 4.74 Å². The number of benzene rings is 1. The summed E-state index contributed by atoms with van der Waals surface area (Å²) in [6.07, 6.45) is 3.06. The second-order valence-corrected chi connectivity index (χ2v) is 3.04. The first-order valence-electron chi connectivity index (χ1n) is 4.34. The van der Waals surface area contributed by atoms with E-state index in [1.54, 1.807) is 12.3 Å². The molecule has 4 heteroatoms. The minimum Gasteiger partial charge on any atom is -0.465 e. The highest BCUT2D eigenvalue weighted by atomic mass is 19.1. The summed E-state index contributed by atoms with van der Waals surface area (Å²) in [4.78, 5) is 15.3. The maximum absolute atomic E-state index is 13.2. The van der Waals surface area contributed by atoms with Crippen molar-refractivity contribution < 1.29 is 13.9 Å². The van der Waals surface area contributed by atoms with E-state index in [-0.39, 0.29) is 5.56 Å². The van der Waals surface area contributed by atoms with Crippen molar-refractivity contribution >= 4 is 16.7 Å². The van der Waals surface area contributed by atoms with Crippen LogP contribution in [0.15, 0.2) is 30.6 Å². The molecule has 76 valence electrons. The molecule has 2 aromatic rings. The zero-order chi connectivity index (χ0) is 10.8. The normalized spacial score (nSPS) is 10.3. The third-order valence-electron chi connectivity index (χ3n) is 2.13. The second kappa shape index (κ2) is 3.65. The molecule has 0 N–H and O–H groups in total. The van der Waals surface area contributed by atoms with Crippen LogP contribution in [0.25, 0.3) is 10.8 Å². The molecule has 0 unspecified atom stereocenters. The van der Waals surface area contributed by atoms with Crippen molar-refractivity contribution in [1.29, 1.82) is 0 Å². The van der Waals surface area contributed by atoms with E-state index in [1.807, 2.05) is 0 Å². The van der Waals surface area contributed by atoms with Gasteiger partial charge in [0.05, 0.1) is 12.7 Å².